The van der Waals surface area contributed by atoms with E-state index in [-0.39, 0.29) is 22.9 Å². The van der Waals surface area contributed by atoms with Crippen molar-refractivity contribution in [1.29, 1.82) is 0 Å². The van der Waals surface area contributed by atoms with Crippen molar-refractivity contribution >= 4 is 0 Å². The Morgan fingerprint density at radius 1 is 1.00 bits per heavy atom. The van der Waals surface area contributed by atoms with E-state index in [1.54, 1.807) is 0 Å². The highest BCUT2D eigenvalue weighted by Crippen LogP contribution is 2.70. The molecule has 0 aliphatic heterocycles. The summed E-state index contributed by atoms with van der Waals surface area (Å²) in [6.45, 7) is 13.9. The van der Waals surface area contributed by atoms with Crippen molar-refractivity contribution in [2.24, 2.45) is 22.5 Å². The van der Waals surface area contributed by atoms with Crippen LogP contribution < -0.4 is 5.73 Å². The summed E-state index contributed by atoms with van der Waals surface area (Å²) >= 11 is 0. The smallest absolute Gasteiger partial charge is 0.0659 e. The highest BCUT2D eigenvalue weighted by Gasteiger charge is 2.67. The highest BCUT2D eigenvalue weighted by molar-refractivity contribution is 5.30. The van der Waals surface area contributed by atoms with Crippen LogP contribution >= 0.6 is 0 Å². The van der Waals surface area contributed by atoms with Gasteiger partial charge in [-0.05, 0) is 33.8 Å². The molecule has 118 valence electrons. The van der Waals surface area contributed by atoms with E-state index in [0.29, 0.717) is 18.4 Å². The fraction of sp³-hybridized carbons (Fsp3) is 0.684. The van der Waals surface area contributed by atoms with Gasteiger partial charge in [0.15, 0.2) is 0 Å². The molecule has 0 bridgehead atoms. The lowest BCUT2D eigenvalue weighted by Crippen LogP contribution is -2.29. The summed E-state index contributed by atoms with van der Waals surface area (Å²) in [6.07, 6.45) is -0.370. The zero-order chi connectivity index (χ0) is 16.0. The van der Waals surface area contributed by atoms with Gasteiger partial charge in [-0.1, -0.05) is 65.8 Å². The van der Waals surface area contributed by atoms with Crippen LogP contribution in [0.5, 0.6) is 0 Å². The molecule has 1 aliphatic rings. The molecule has 0 amide bonds. The van der Waals surface area contributed by atoms with Gasteiger partial charge in [0.05, 0.1) is 6.10 Å². The normalized spacial score (nSPS) is 23.1. The third kappa shape index (κ3) is 2.64. The molecular weight excluding hydrogens is 258 g/mol. The van der Waals surface area contributed by atoms with Crippen molar-refractivity contribution in [1.82, 2.24) is 0 Å². The van der Waals surface area contributed by atoms with Crippen molar-refractivity contribution in [3.63, 3.8) is 0 Å². The summed E-state index contributed by atoms with van der Waals surface area (Å²) in [5.74, 6) is 0.863. The van der Waals surface area contributed by atoms with Crippen molar-refractivity contribution in [2.75, 3.05) is 6.54 Å². The summed E-state index contributed by atoms with van der Waals surface area (Å²) in [5, 5.41) is 10.9. The van der Waals surface area contributed by atoms with E-state index in [2.05, 4.69) is 65.8 Å². The van der Waals surface area contributed by atoms with E-state index in [9.17, 15) is 5.11 Å². The van der Waals surface area contributed by atoms with Crippen LogP contribution in [-0.4, -0.2) is 17.8 Å². The van der Waals surface area contributed by atoms with E-state index >= 15 is 0 Å². The lowest BCUT2D eigenvalue weighted by molar-refractivity contribution is 0.102. The number of nitrogens with two attached hydrogens (primary N) is 1. The molecule has 2 nitrogen and oxygen atoms in total. The summed E-state index contributed by atoms with van der Waals surface area (Å²) in [4.78, 5) is 0. The molecule has 3 N–H and O–H groups in total. The van der Waals surface area contributed by atoms with E-state index < -0.39 is 0 Å². The molecule has 2 atom stereocenters. The van der Waals surface area contributed by atoms with Crippen LogP contribution in [0.25, 0.3) is 0 Å². The standard InChI is InChI=1S/C19H31NO/c1-12(2)13-7-9-14(10-8-13)15(11-20)16(21)17-18(3,4)19(17,5)6/h7-10,12,15-17,21H,11,20H2,1-6H3. The minimum atomic E-state index is -0.370. The Morgan fingerprint density at radius 3 is 1.76 bits per heavy atom. The number of benzene rings is 1. The van der Waals surface area contributed by atoms with E-state index in [4.69, 9.17) is 5.73 Å². The van der Waals surface area contributed by atoms with E-state index in [1.165, 1.54) is 5.56 Å². The van der Waals surface area contributed by atoms with Crippen LogP contribution in [0.3, 0.4) is 0 Å². The van der Waals surface area contributed by atoms with Gasteiger partial charge in [0.25, 0.3) is 0 Å². The van der Waals surface area contributed by atoms with Gasteiger partial charge in [-0.25, -0.2) is 0 Å². The molecule has 0 saturated heterocycles. The molecule has 1 fully saturated rings. The maximum atomic E-state index is 10.9. The SMILES string of the molecule is CC(C)c1ccc(C(CN)C(O)C2C(C)(C)C2(C)C)cc1. The molecule has 1 aliphatic carbocycles. The van der Waals surface area contributed by atoms with Gasteiger partial charge in [0.1, 0.15) is 0 Å². The number of aliphatic hydroxyl groups is 1. The second-order valence-corrected chi connectivity index (χ2v) is 8.08. The molecular formula is C19H31NO. The first kappa shape index (κ1) is 16.5. The lowest BCUT2D eigenvalue weighted by Gasteiger charge is -2.24. The fourth-order valence-electron chi connectivity index (χ4n) is 3.93. The van der Waals surface area contributed by atoms with Crippen LogP contribution in [0, 0.1) is 16.7 Å². The second-order valence-electron chi connectivity index (χ2n) is 8.08. The van der Waals surface area contributed by atoms with Crippen molar-refractivity contribution < 1.29 is 5.11 Å². The maximum Gasteiger partial charge on any atom is 0.0659 e. The minimum absolute atomic E-state index is 0.0252. The molecule has 2 unspecified atom stereocenters. The average Bonchev–Trinajstić information content (AvgIpc) is 2.80. The lowest BCUT2D eigenvalue weighted by atomic mass is 9.87. The molecule has 2 rings (SSSR count). The Morgan fingerprint density at radius 2 is 1.43 bits per heavy atom. The Bertz CT molecular complexity index is 473. The van der Waals surface area contributed by atoms with Gasteiger partial charge in [-0.15, -0.1) is 0 Å². The molecule has 1 saturated carbocycles. The van der Waals surface area contributed by atoms with Gasteiger partial charge < -0.3 is 10.8 Å². The molecule has 2 heteroatoms. The Hall–Kier alpha value is -0.860. The Labute approximate surface area is 129 Å². The van der Waals surface area contributed by atoms with Crippen LogP contribution in [0.2, 0.25) is 0 Å². The highest BCUT2D eigenvalue weighted by atomic mass is 16.3. The zero-order valence-corrected chi connectivity index (χ0v) is 14.4. The Kier molecular flexibility index (Phi) is 4.25. The summed E-state index contributed by atoms with van der Waals surface area (Å²) in [5.41, 5.74) is 8.83. The van der Waals surface area contributed by atoms with E-state index in [1.807, 2.05) is 0 Å². The first-order valence-corrected chi connectivity index (χ1v) is 8.12. The van der Waals surface area contributed by atoms with Gasteiger partial charge in [0.2, 0.25) is 0 Å². The third-order valence-corrected chi connectivity index (χ3v) is 6.17. The molecule has 0 radical (unpaired) electrons. The molecule has 0 heterocycles. The summed E-state index contributed by atoms with van der Waals surface area (Å²) < 4.78 is 0. The quantitative estimate of drug-likeness (QED) is 0.863. The minimum Gasteiger partial charge on any atom is -0.392 e. The largest absolute Gasteiger partial charge is 0.392 e. The van der Waals surface area contributed by atoms with Crippen LogP contribution in [0.4, 0.5) is 0 Å². The van der Waals surface area contributed by atoms with Crippen molar-refractivity contribution in [2.45, 2.75) is 59.5 Å². The Balaban J connectivity index is 2.20. The molecule has 0 spiro atoms. The maximum absolute atomic E-state index is 10.9. The first-order valence-electron chi connectivity index (χ1n) is 8.12. The predicted molar refractivity (Wildman–Crippen MR) is 89.4 cm³/mol. The number of hydrogen-bond acceptors (Lipinski definition) is 2. The van der Waals surface area contributed by atoms with Crippen LogP contribution in [-0.2, 0) is 0 Å². The van der Waals surface area contributed by atoms with Gasteiger partial charge in [0, 0.05) is 12.5 Å². The number of rotatable bonds is 5. The molecule has 0 aromatic heterocycles. The number of hydrogen-bond donors (Lipinski definition) is 2. The molecule has 1 aromatic carbocycles. The van der Waals surface area contributed by atoms with Gasteiger partial charge in [-0.3, -0.25) is 0 Å². The van der Waals surface area contributed by atoms with E-state index in [0.717, 1.165) is 5.56 Å². The van der Waals surface area contributed by atoms with Gasteiger partial charge >= 0.3 is 0 Å². The van der Waals surface area contributed by atoms with Crippen molar-refractivity contribution in [3.05, 3.63) is 35.4 Å². The summed E-state index contributed by atoms with van der Waals surface area (Å²) in [7, 11) is 0. The monoisotopic (exact) mass is 289 g/mol. The average molecular weight is 289 g/mol. The van der Waals surface area contributed by atoms with Crippen LogP contribution in [0.1, 0.15) is 64.5 Å². The molecule has 1 aromatic rings. The fourth-order valence-corrected chi connectivity index (χ4v) is 3.93. The topological polar surface area (TPSA) is 46.2 Å². The molecule has 21 heavy (non-hydrogen) atoms. The summed E-state index contributed by atoms with van der Waals surface area (Å²) in [6, 6.07) is 8.61. The van der Waals surface area contributed by atoms with Crippen molar-refractivity contribution in [3.8, 4) is 0 Å². The predicted octanol–water partition coefficient (Wildman–Crippen LogP) is 3.90. The van der Waals surface area contributed by atoms with Crippen LogP contribution in [0.15, 0.2) is 24.3 Å². The van der Waals surface area contributed by atoms with Gasteiger partial charge in [-0.2, -0.15) is 0 Å². The number of aliphatic hydroxyl groups excluding tert-OH is 1. The first-order chi connectivity index (χ1) is 9.64. The zero-order valence-electron chi connectivity index (χ0n) is 14.4. The third-order valence-electron chi connectivity index (χ3n) is 6.17. The second kappa shape index (κ2) is 5.40.